The SMILES string of the molecule is C=Nc1c(N=CC)cc(N2CCOCC2)cc1OC1CCC(Nc2ccnc(C)n2)CC1. The molecule has 1 aromatic carbocycles. The molecule has 4 rings (SSSR count). The van der Waals surface area contributed by atoms with Crippen molar-refractivity contribution in [1.82, 2.24) is 9.97 Å². The van der Waals surface area contributed by atoms with Crippen molar-refractivity contribution in [1.29, 1.82) is 0 Å². The molecule has 2 fully saturated rings. The minimum absolute atomic E-state index is 0.138. The van der Waals surface area contributed by atoms with Crippen molar-refractivity contribution in [2.24, 2.45) is 9.98 Å². The summed E-state index contributed by atoms with van der Waals surface area (Å²) >= 11 is 0. The van der Waals surface area contributed by atoms with E-state index in [0.29, 0.717) is 11.7 Å². The van der Waals surface area contributed by atoms with Gasteiger partial charge in [-0.1, -0.05) is 0 Å². The number of benzene rings is 1. The van der Waals surface area contributed by atoms with E-state index in [0.717, 1.165) is 80.8 Å². The van der Waals surface area contributed by atoms with Gasteiger partial charge in [-0.15, -0.1) is 0 Å². The zero-order valence-corrected chi connectivity index (χ0v) is 19.0. The molecule has 1 aliphatic heterocycles. The van der Waals surface area contributed by atoms with Crippen LogP contribution in [0.1, 0.15) is 38.4 Å². The number of aryl methyl sites for hydroxylation is 1. The number of nitrogens with one attached hydrogen (secondary N) is 1. The number of nitrogens with zero attached hydrogens (tertiary/aromatic N) is 5. The van der Waals surface area contributed by atoms with Crippen LogP contribution in [0.15, 0.2) is 34.4 Å². The summed E-state index contributed by atoms with van der Waals surface area (Å²) in [7, 11) is 0. The van der Waals surface area contributed by atoms with Gasteiger partial charge in [0.05, 0.1) is 25.0 Å². The van der Waals surface area contributed by atoms with Crippen LogP contribution in [0.3, 0.4) is 0 Å². The first-order chi connectivity index (χ1) is 15.7. The molecular weight excluding hydrogens is 404 g/mol. The molecule has 2 aromatic rings. The fourth-order valence-corrected chi connectivity index (χ4v) is 4.32. The van der Waals surface area contributed by atoms with Crippen LogP contribution in [0, 0.1) is 6.92 Å². The minimum atomic E-state index is 0.138. The van der Waals surface area contributed by atoms with E-state index < -0.39 is 0 Å². The lowest BCUT2D eigenvalue weighted by molar-refractivity contribution is 0.122. The molecule has 2 heterocycles. The van der Waals surface area contributed by atoms with Gasteiger partial charge in [-0.25, -0.2) is 9.97 Å². The Labute approximate surface area is 189 Å². The first-order valence-corrected chi connectivity index (χ1v) is 11.3. The summed E-state index contributed by atoms with van der Waals surface area (Å²) < 4.78 is 12.0. The lowest BCUT2D eigenvalue weighted by atomic mass is 9.93. The zero-order chi connectivity index (χ0) is 22.3. The van der Waals surface area contributed by atoms with Gasteiger partial charge >= 0.3 is 0 Å². The van der Waals surface area contributed by atoms with Gasteiger partial charge in [0.2, 0.25) is 0 Å². The summed E-state index contributed by atoms with van der Waals surface area (Å²) in [4.78, 5) is 19.7. The normalized spacial score (nSPS) is 21.5. The standard InChI is InChI=1S/C24H32N6O2/c1-4-26-21-15-19(30-11-13-31-14-12-30)16-22(24(21)25-3)32-20-7-5-18(6-8-20)29-23-9-10-27-17(2)28-23/h4,9-10,15-16,18,20H,3,5-8,11-14H2,1-2H3,(H,27,28,29). The van der Waals surface area contributed by atoms with E-state index >= 15 is 0 Å². The number of morpholine rings is 1. The Bertz CT molecular complexity index is 950. The molecule has 1 aromatic heterocycles. The fraction of sp³-hybridized carbons (Fsp3) is 0.500. The van der Waals surface area contributed by atoms with Crippen LogP contribution >= 0.6 is 0 Å². The number of hydrogen-bond acceptors (Lipinski definition) is 8. The maximum absolute atomic E-state index is 6.49. The van der Waals surface area contributed by atoms with Crippen LogP contribution in [0.2, 0.25) is 0 Å². The molecule has 1 N–H and O–H groups in total. The fourth-order valence-electron chi connectivity index (χ4n) is 4.32. The Morgan fingerprint density at radius 1 is 1.22 bits per heavy atom. The van der Waals surface area contributed by atoms with Crippen molar-refractivity contribution >= 4 is 35.8 Å². The molecule has 32 heavy (non-hydrogen) atoms. The van der Waals surface area contributed by atoms with Crippen molar-refractivity contribution in [3.63, 3.8) is 0 Å². The Morgan fingerprint density at radius 2 is 2.00 bits per heavy atom. The molecule has 0 bridgehead atoms. The van der Waals surface area contributed by atoms with Gasteiger partial charge in [-0.05, 0) is 58.4 Å². The maximum Gasteiger partial charge on any atom is 0.149 e. The van der Waals surface area contributed by atoms with E-state index in [1.807, 2.05) is 19.9 Å². The molecule has 1 aliphatic carbocycles. The summed E-state index contributed by atoms with van der Waals surface area (Å²) in [6.45, 7) is 10.8. The number of hydrogen-bond donors (Lipinski definition) is 1. The lowest BCUT2D eigenvalue weighted by Gasteiger charge is -2.32. The van der Waals surface area contributed by atoms with Crippen LogP contribution in [0.5, 0.6) is 5.75 Å². The van der Waals surface area contributed by atoms with Crippen LogP contribution in [-0.2, 0) is 4.74 Å². The third-order valence-corrected chi connectivity index (χ3v) is 5.94. The van der Waals surface area contributed by atoms with Crippen LogP contribution in [0.4, 0.5) is 22.9 Å². The second-order valence-electron chi connectivity index (χ2n) is 8.18. The number of anilines is 2. The minimum Gasteiger partial charge on any atom is -0.488 e. The summed E-state index contributed by atoms with van der Waals surface area (Å²) in [5, 5.41) is 3.53. The van der Waals surface area contributed by atoms with Crippen LogP contribution in [-0.4, -0.2) is 61.3 Å². The van der Waals surface area contributed by atoms with E-state index in [-0.39, 0.29) is 6.10 Å². The van der Waals surface area contributed by atoms with Gasteiger partial charge in [0, 0.05) is 43.3 Å². The molecule has 0 atom stereocenters. The van der Waals surface area contributed by atoms with Gasteiger partial charge in [0.25, 0.3) is 0 Å². The van der Waals surface area contributed by atoms with Crippen molar-refractivity contribution in [3.05, 3.63) is 30.2 Å². The number of aromatic nitrogens is 2. The first kappa shape index (κ1) is 22.2. The highest BCUT2D eigenvalue weighted by atomic mass is 16.5. The first-order valence-electron chi connectivity index (χ1n) is 11.3. The number of rotatable bonds is 7. The molecule has 8 heteroatoms. The zero-order valence-electron chi connectivity index (χ0n) is 19.0. The van der Waals surface area contributed by atoms with E-state index in [1.165, 1.54) is 0 Å². The second-order valence-corrected chi connectivity index (χ2v) is 8.18. The molecule has 0 radical (unpaired) electrons. The van der Waals surface area contributed by atoms with Crippen LogP contribution < -0.4 is 15.0 Å². The van der Waals surface area contributed by atoms with Crippen molar-refractivity contribution in [2.75, 3.05) is 36.5 Å². The largest absolute Gasteiger partial charge is 0.488 e. The number of aliphatic imine (C=N–C) groups is 2. The highest BCUT2D eigenvalue weighted by molar-refractivity contribution is 5.80. The van der Waals surface area contributed by atoms with Crippen molar-refractivity contribution in [2.45, 2.75) is 51.7 Å². The van der Waals surface area contributed by atoms with E-state index in [2.05, 4.69) is 49.0 Å². The summed E-state index contributed by atoms with van der Waals surface area (Å²) in [5.74, 6) is 2.43. The van der Waals surface area contributed by atoms with Gasteiger partial charge in [0.15, 0.2) is 0 Å². The summed E-state index contributed by atoms with van der Waals surface area (Å²) in [6, 6.07) is 6.45. The lowest BCUT2D eigenvalue weighted by Crippen LogP contribution is -2.36. The van der Waals surface area contributed by atoms with Gasteiger partial charge in [-0.3, -0.25) is 9.98 Å². The van der Waals surface area contributed by atoms with E-state index in [4.69, 9.17) is 9.47 Å². The van der Waals surface area contributed by atoms with Gasteiger partial charge in [0.1, 0.15) is 23.1 Å². The Morgan fingerprint density at radius 3 is 2.69 bits per heavy atom. The van der Waals surface area contributed by atoms with Gasteiger partial charge < -0.3 is 19.7 Å². The van der Waals surface area contributed by atoms with Crippen LogP contribution in [0.25, 0.3) is 0 Å². The Balaban J connectivity index is 1.46. The predicted octanol–water partition coefficient (Wildman–Crippen LogP) is 4.48. The molecule has 0 spiro atoms. The van der Waals surface area contributed by atoms with E-state index in [1.54, 1.807) is 12.4 Å². The Hall–Kier alpha value is -3.00. The molecule has 170 valence electrons. The third-order valence-electron chi connectivity index (χ3n) is 5.94. The predicted molar refractivity (Wildman–Crippen MR) is 130 cm³/mol. The average Bonchev–Trinajstić information content (AvgIpc) is 2.81. The van der Waals surface area contributed by atoms with E-state index in [9.17, 15) is 0 Å². The molecule has 0 unspecified atom stereocenters. The molecule has 1 saturated heterocycles. The molecule has 0 amide bonds. The monoisotopic (exact) mass is 436 g/mol. The Kier molecular flexibility index (Phi) is 7.32. The average molecular weight is 437 g/mol. The molecule has 1 saturated carbocycles. The highest BCUT2D eigenvalue weighted by Gasteiger charge is 2.25. The maximum atomic E-state index is 6.49. The molecule has 2 aliphatic rings. The summed E-state index contributed by atoms with van der Waals surface area (Å²) in [5.41, 5.74) is 2.58. The van der Waals surface area contributed by atoms with Gasteiger partial charge in [-0.2, -0.15) is 0 Å². The van der Waals surface area contributed by atoms with Crippen molar-refractivity contribution < 1.29 is 9.47 Å². The summed E-state index contributed by atoms with van der Waals surface area (Å²) in [6.07, 6.45) is 7.68. The third kappa shape index (κ3) is 5.43. The molecule has 8 nitrogen and oxygen atoms in total. The number of ether oxygens (including phenoxy) is 2. The smallest absolute Gasteiger partial charge is 0.149 e. The highest BCUT2D eigenvalue weighted by Crippen LogP contribution is 2.43. The molecular formula is C24H32N6O2. The second kappa shape index (κ2) is 10.5. The quantitative estimate of drug-likeness (QED) is 0.645. The topological polar surface area (TPSA) is 84.2 Å². The van der Waals surface area contributed by atoms with Crippen molar-refractivity contribution in [3.8, 4) is 5.75 Å².